The molecule has 2 nitrogen and oxygen atoms in total. The molecule has 0 heterocycles. The van der Waals surface area contributed by atoms with E-state index < -0.39 is 6.04 Å². The van der Waals surface area contributed by atoms with Crippen LogP contribution in [-0.4, -0.2) is 6.04 Å². The third kappa shape index (κ3) is 3.51. The minimum Gasteiger partial charge on any atom is -0.209 e. The highest BCUT2D eigenvalue weighted by atomic mass is 19.1. The van der Waals surface area contributed by atoms with Gasteiger partial charge in [-0.15, -0.1) is 0 Å². The molecule has 0 aromatic heterocycles. The molecule has 0 spiro atoms. The summed E-state index contributed by atoms with van der Waals surface area (Å²) in [5.41, 5.74) is 1.42. The van der Waals surface area contributed by atoms with Crippen molar-refractivity contribution in [2.45, 2.75) is 111 Å². The maximum Gasteiger partial charge on any atom is 0.143 e. The average Bonchev–Trinajstić information content (AvgIpc) is 3.05. The Kier molecular flexibility index (Phi) is 6.23. The maximum atomic E-state index is 15.1. The van der Waals surface area contributed by atoms with Crippen molar-refractivity contribution in [3.05, 3.63) is 16.3 Å². The lowest BCUT2D eigenvalue weighted by molar-refractivity contribution is -0.0614. The van der Waals surface area contributed by atoms with Gasteiger partial charge in [0.1, 0.15) is 11.9 Å². The summed E-state index contributed by atoms with van der Waals surface area (Å²) in [7, 11) is 0. The van der Waals surface area contributed by atoms with Crippen molar-refractivity contribution in [3.8, 4) is 0 Å². The molecule has 3 heteroatoms. The Labute approximate surface area is 183 Å². The topological polar surface area (TPSA) is 29.4 Å². The second-order valence-corrected chi connectivity index (χ2v) is 12.3. The summed E-state index contributed by atoms with van der Waals surface area (Å²) >= 11 is 0. The van der Waals surface area contributed by atoms with Gasteiger partial charge in [0, 0.05) is 0 Å². The fraction of sp³-hybridized carbons (Fsp3) is 0.926. The van der Waals surface area contributed by atoms with E-state index in [4.69, 9.17) is 0 Å². The lowest BCUT2D eigenvalue weighted by Crippen LogP contribution is -2.51. The number of allylic oxidation sites excluding steroid dienone is 1. The number of halogens is 1. The minimum atomic E-state index is -0.707. The Hall–Kier alpha value is -0.730. The van der Waals surface area contributed by atoms with E-state index >= 15 is 4.39 Å². The summed E-state index contributed by atoms with van der Waals surface area (Å²) in [4.78, 5) is 11.1. The van der Waals surface area contributed by atoms with Gasteiger partial charge in [-0.2, -0.15) is 4.91 Å². The van der Waals surface area contributed by atoms with E-state index in [1.165, 1.54) is 44.9 Å². The molecular weight excluding hydrogens is 373 g/mol. The molecule has 8 atom stereocenters. The molecule has 30 heavy (non-hydrogen) atoms. The highest BCUT2D eigenvalue weighted by Crippen LogP contribution is 2.68. The molecule has 0 saturated heterocycles. The van der Waals surface area contributed by atoms with Gasteiger partial charge >= 0.3 is 0 Å². The van der Waals surface area contributed by atoms with Crippen LogP contribution in [0, 0.1) is 51.2 Å². The van der Waals surface area contributed by atoms with Gasteiger partial charge < -0.3 is 0 Å². The molecular formula is C27H44FNO. The quantitative estimate of drug-likeness (QED) is 0.398. The van der Waals surface area contributed by atoms with Gasteiger partial charge in [0.2, 0.25) is 0 Å². The molecule has 1 unspecified atom stereocenters. The van der Waals surface area contributed by atoms with Crippen LogP contribution in [0.5, 0.6) is 0 Å². The first-order valence-electron chi connectivity index (χ1n) is 12.9. The van der Waals surface area contributed by atoms with Gasteiger partial charge in [0.05, 0.1) is 0 Å². The predicted octanol–water partition coefficient (Wildman–Crippen LogP) is 8.46. The highest BCUT2D eigenvalue weighted by molar-refractivity contribution is 5.29. The van der Waals surface area contributed by atoms with Crippen LogP contribution in [-0.2, 0) is 0 Å². The van der Waals surface area contributed by atoms with Crippen LogP contribution < -0.4 is 0 Å². The minimum absolute atomic E-state index is 0.0313. The molecule has 0 N–H and O–H groups in total. The molecule has 0 amide bonds. The first-order valence-corrected chi connectivity index (χ1v) is 12.9. The van der Waals surface area contributed by atoms with E-state index in [1.54, 1.807) is 0 Å². The second kappa shape index (κ2) is 8.32. The maximum absolute atomic E-state index is 15.1. The molecule has 170 valence electrons. The third-order valence-corrected chi connectivity index (χ3v) is 10.5. The fourth-order valence-corrected chi connectivity index (χ4v) is 8.92. The first-order chi connectivity index (χ1) is 14.2. The summed E-state index contributed by atoms with van der Waals surface area (Å²) in [5, 5.41) is 3.10. The Bertz CT molecular complexity index is 686. The number of hydrogen-bond acceptors (Lipinski definition) is 2. The summed E-state index contributed by atoms with van der Waals surface area (Å²) in [5.74, 6) is 4.52. The number of rotatable bonds is 6. The molecule has 3 saturated carbocycles. The van der Waals surface area contributed by atoms with Crippen molar-refractivity contribution in [3.63, 3.8) is 0 Å². The Morgan fingerprint density at radius 3 is 2.47 bits per heavy atom. The fourth-order valence-electron chi connectivity index (χ4n) is 8.92. The Balaban J connectivity index is 1.51. The van der Waals surface area contributed by atoms with Crippen molar-refractivity contribution in [1.29, 1.82) is 0 Å². The SMILES string of the molecule is CC(C)CCC[C@@H](C)[C@H]1CC[C@H]2[C@@H]3CCC4=C(F)C(N=O)CC[C@]4(C)[C@H]3CC[C@]12C. The zero-order chi connectivity index (χ0) is 21.7. The van der Waals surface area contributed by atoms with Gasteiger partial charge in [-0.1, -0.05) is 59.1 Å². The number of hydrogen-bond donors (Lipinski definition) is 0. The van der Waals surface area contributed by atoms with Crippen molar-refractivity contribution < 1.29 is 4.39 Å². The largest absolute Gasteiger partial charge is 0.209 e. The summed E-state index contributed by atoms with van der Waals surface area (Å²) < 4.78 is 15.1. The van der Waals surface area contributed by atoms with Crippen molar-refractivity contribution in [2.75, 3.05) is 0 Å². The van der Waals surface area contributed by atoms with Crippen molar-refractivity contribution >= 4 is 0 Å². The molecule has 0 bridgehead atoms. The standard InChI is InChI=1S/C27H44FNO/c1-17(2)7-6-8-18(3)20-11-12-21-19-9-10-23-25(28)24(29-30)14-16-27(23,5)22(19)13-15-26(20,21)4/h17-22,24H,6-16H2,1-5H3/t18-,19+,20-,21+,22+,24?,26-,27-/m1/s1. The summed E-state index contributed by atoms with van der Waals surface area (Å²) in [6, 6.07) is -0.707. The Morgan fingerprint density at radius 2 is 1.77 bits per heavy atom. The molecule has 3 fully saturated rings. The van der Waals surface area contributed by atoms with Gasteiger partial charge in [0.15, 0.2) is 0 Å². The van der Waals surface area contributed by atoms with Crippen LogP contribution in [0.3, 0.4) is 0 Å². The highest BCUT2D eigenvalue weighted by Gasteiger charge is 2.60. The van der Waals surface area contributed by atoms with Crippen LogP contribution in [0.15, 0.2) is 16.6 Å². The van der Waals surface area contributed by atoms with E-state index in [1.807, 2.05) is 0 Å². The van der Waals surface area contributed by atoms with E-state index in [9.17, 15) is 4.91 Å². The van der Waals surface area contributed by atoms with Crippen molar-refractivity contribution in [2.24, 2.45) is 51.5 Å². The Morgan fingerprint density at radius 1 is 1.00 bits per heavy atom. The van der Waals surface area contributed by atoms with Crippen LogP contribution in [0.4, 0.5) is 4.39 Å². The van der Waals surface area contributed by atoms with Gasteiger partial charge in [-0.25, -0.2) is 4.39 Å². The van der Waals surface area contributed by atoms with Gasteiger partial charge in [-0.05, 0) is 103 Å². The lowest BCUT2D eigenvalue weighted by atomic mass is 9.46. The molecule has 0 aromatic rings. The monoisotopic (exact) mass is 417 g/mol. The summed E-state index contributed by atoms with van der Waals surface area (Å²) in [6.07, 6.45) is 13.0. The normalized spacial score (nSPS) is 44.4. The van der Waals surface area contributed by atoms with Gasteiger partial charge in [-0.3, -0.25) is 0 Å². The number of fused-ring (bicyclic) bond motifs is 5. The first kappa shape index (κ1) is 22.5. The van der Waals surface area contributed by atoms with Crippen LogP contribution in [0.2, 0.25) is 0 Å². The lowest BCUT2D eigenvalue weighted by Gasteiger charge is -2.59. The summed E-state index contributed by atoms with van der Waals surface area (Å²) in [6.45, 7) is 12.1. The van der Waals surface area contributed by atoms with Crippen LogP contribution in [0.1, 0.15) is 105 Å². The van der Waals surface area contributed by atoms with E-state index in [-0.39, 0.29) is 11.2 Å². The van der Waals surface area contributed by atoms with Crippen LogP contribution >= 0.6 is 0 Å². The molecule has 0 radical (unpaired) electrons. The van der Waals surface area contributed by atoms with Crippen LogP contribution in [0.25, 0.3) is 0 Å². The molecule has 4 rings (SSSR count). The molecule has 4 aliphatic rings. The predicted molar refractivity (Wildman–Crippen MR) is 123 cm³/mol. The zero-order valence-corrected chi connectivity index (χ0v) is 20.1. The molecule has 0 aromatic carbocycles. The van der Waals surface area contributed by atoms with E-state index in [0.717, 1.165) is 54.4 Å². The van der Waals surface area contributed by atoms with Crippen molar-refractivity contribution in [1.82, 2.24) is 0 Å². The number of nitroso groups, excluding NO2 is 1. The molecule has 4 aliphatic carbocycles. The van der Waals surface area contributed by atoms with Gasteiger partial charge in [0.25, 0.3) is 0 Å². The third-order valence-electron chi connectivity index (χ3n) is 10.5. The smallest absolute Gasteiger partial charge is 0.143 e. The van der Waals surface area contributed by atoms with E-state index in [0.29, 0.717) is 17.8 Å². The number of nitrogens with zero attached hydrogens (tertiary/aromatic N) is 1. The molecule has 0 aliphatic heterocycles. The zero-order valence-electron chi connectivity index (χ0n) is 20.1. The second-order valence-electron chi connectivity index (χ2n) is 12.3. The average molecular weight is 418 g/mol. The van der Waals surface area contributed by atoms with E-state index in [2.05, 4.69) is 39.8 Å².